The van der Waals surface area contributed by atoms with Gasteiger partial charge < -0.3 is 10.6 Å². The molecule has 0 saturated carbocycles. The Morgan fingerprint density at radius 2 is 1.83 bits per heavy atom. The van der Waals surface area contributed by atoms with Crippen molar-refractivity contribution < 1.29 is 0 Å². The third-order valence-electron chi connectivity index (χ3n) is 1.49. The second kappa shape index (κ2) is 2.00. The lowest BCUT2D eigenvalue weighted by Gasteiger charge is -1.92. The molecular weight excluding hydrogens is 160 g/mol. The highest BCUT2D eigenvalue weighted by atomic mass is 16.2. The zero-order chi connectivity index (χ0) is 8.72. The Morgan fingerprint density at radius 3 is 2.58 bits per heavy atom. The molecule has 2 heterocycles. The van der Waals surface area contributed by atoms with Crippen LogP contribution in [0.1, 0.15) is 0 Å². The van der Waals surface area contributed by atoms with Crippen molar-refractivity contribution in [3.05, 3.63) is 33.2 Å². The number of aromatic amines is 2. The molecule has 0 unspecified atom stereocenters. The summed E-state index contributed by atoms with van der Waals surface area (Å²) < 4.78 is 0. The van der Waals surface area contributed by atoms with Crippen LogP contribution in [0.3, 0.4) is 0 Å². The highest BCUT2D eigenvalue weighted by Crippen LogP contribution is 2.20. The molecule has 0 fully saturated rings. The van der Waals surface area contributed by atoms with Crippen molar-refractivity contribution in [2.45, 2.75) is 0 Å². The lowest BCUT2D eigenvalue weighted by atomic mass is 10.5. The van der Waals surface area contributed by atoms with E-state index in [0.29, 0.717) is 17.3 Å². The maximum atomic E-state index is 11.1. The highest BCUT2D eigenvalue weighted by Gasteiger charge is 2.16. The molecule has 1 aromatic heterocycles. The molecule has 6 nitrogen and oxygen atoms in total. The van der Waals surface area contributed by atoms with Gasteiger partial charge in [0.25, 0.3) is 5.56 Å². The Labute approximate surface area is 66.3 Å². The summed E-state index contributed by atoms with van der Waals surface area (Å²) in [7, 11) is 0. The smallest absolute Gasteiger partial charge is 0.327 e. The van der Waals surface area contributed by atoms with Crippen LogP contribution >= 0.6 is 0 Å². The lowest BCUT2D eigenvalue weighted by Crippen LogP contribution is -2.22. The average molecular weight is 166 g/mol. The summed E-state index contributed by atoms with van der Waals surface area (Å²) in [4.78, 5) is 26.3. The van der Waals surface area contributed by atoms with Gasteiger partial charge in [-0.15, -0.1) is 0 Å². The minimum atomic E-state index is -0.539. The quantitative estimate of drug-likeness (QED) is 0.413. The monoisotopic (exact) mass is 166 g/mol. The second-order valence-corrected chi connectivity index (χ2v) is 2.39. The Morgan fingerprint density at radius 1 is 1.08 bits per heavy atom. The number of hydrogen-bond donors (Lipinski definition) is 4. The van der Waals surface area contributed by atoms with Gasteiger partial charge in [0.1, 0.15) is 17.3 Å². The molecule has 0 aromatic carbocycles. The molecule has 1 aliphatic heterocycles. The first kappa shape index (κ1) is 6.71. The zero-order valence-electron chi connectivity index (χ0n) is 6.02. The van der Waals surface area contributed by atoms with Crippen molar-refractivity contribution in [2.75, 3.05) is 10.6 Å². The molecule has 0 bridgehead atoms. The second-order valence-electron chi connectivity index (χ2n) is 2.39. The Hall–Kier alpha value is -1.98. The molecule has 4 N–H and O–H groups in total. The summed E-state index contributed by atoms with van der Waals surface area (Å²) in [6.07, 6.45) is 0. The first-order chi connectivity index (χ1) is 5.66. The van der Waals surface area contributed by atoms with Crippen molar-refractivity contribution in [2.24, 2.45) is 0 Å². The fourth-order valence-corrected chi connectivity index (χ4v) is 1.03. The van der Waals surface area contributed by atoms with Gasteiger partial charge in [0.15, 0.2) is 0 Å². The molecule has 6 heteroatoms. The van der Waals surface area contributed by atoms with Crippen molar-refractivity contribution in [3.63, 3.8) is 0 Å². The van der Waals surface area contributed by atoms with Gasteiger partial charge in [-0.1, -0.05) is 6.58 Å². The average Bonchev–Trinajstić information content (AvgIpc) is 2.29. The van der Waals surface area contributed by atoms with Gasteiger partial charge in [-0.2, -0.15) is 0 Å². The third-order valence-corrected chi connectivity index (χ3v) is 1.49. The summed E-state index contributed by atoms with van der Waals surface area (Å²) >= 11 is 0. The number of rotatable bonds is 0. The number of aromatic nitrogens is 2. The van der Waals surface area contributed by atoms with E-state index in [2.05, 4.69) is 27.2 Å². The van der Waals surface area contributed by atoms with Crippen molar-refractivity contribution >= 4 is 11.5 Å². The van der Waals surface area contributed by atoms with E-state index in [1.807, 2.05) is 0 Å². The minimum absolute atomic E-state index is 0.291. The molecule has 1 aliphatic rings. The van der Waals surface area contributed by atoms with Crippen LogP contribution in [0.4, 0.5) is 11.5 Å². The van der Waals surface area contributed by atoms with Crippen molar-refractivity contribution in [3.8, 4) is 0 Å². The molecule has 0 radical (unpaired) electrons. The Balaban J connectivity index is 2.76. The van der Waals surface area contributed by atoms with E-state index in [1.165, 1.54) is 0 Å². The van der Waals surface area contributed by atoms with E-state index in [9.17, 15) is 9.59 Å². The number of nitrogens with one attached hydrogen (secondary N) is 4. The summed E-state index contributed by atoms with van der Waals surface area (Å²) in [5, 5.41) is 5.37. The van der Waals surface area contributed by atoms with Crippen LogP contribution in [0.15, 0.2) is 22.0 Å². The number of hydrogen-bond acceptors (Lipinski definition) is 4. The van der Waals surface area contributed by atoms with Crippen LogP contribution in [0, 0.1) is 0 Å². The van der Waals surface area contributed by atoms with E-state index in [1.54, 1.807) is 0 Å². The predicted octanol–water partition coefficient (Wildman–Crippen LogP) is -0.628. The van der Waals surface area contributed by atoms with Gasteiger partial charge in [0.05, 0.1) is 0 Å². The number of fused-ring (bicyclic) bond motifs is 1. The summed E-state index contributed by atoms with van der Waals surface area (Å²) in [6.45, 7) is 3.54. The summed E-state index contributed by atoms with van der Waals surface area (Å²) in [5.41, 5.74) is -0.706. The molecule has 0 atom stereocenters. The molecular formula is C6H6N4O2. The van der Waals surface area contributed by atoms with Crippen LogP contribution in [-0.4, -0.2) is 9.97 Å². The van der Waals surface area contributed by atoms with Gasteiger partial charge in [-0.05, 0) is 0 Å². The fraction of sp³-hybridized carbons (Fsp3) is 0. The van der Waals surface area contributed by atoms with Crippen LogP contribution < -0.4 is 21.9 Å². The molecule has 1 aromatic rings. The molecule has 0 saturated heterocycles. The van der Waals surface area contributed by atoms with Crippen LogP contribution in [-0.2, 0) is 0 Å². The molecule has 0 aliphatic carbocycles. The number of H-pyrrole nitrogens is 2. The number of anilines is 2. The van der Waals surface area contributed by atoms with Crippen LogP contribution in [0.5, 0.6) is 0 Å². The topological polar surface area (TPSA) is 89.8 Å². The van der Waals surface area contributed by atoms with Crippen molar-refractivity contribution in [1.29, 1.82) is 0 Å². The maximum absolute atomic E-state index is 11.1. The molecule has 2 rings (SSSR count). The molecule has 0 spiro atoms. The zero-order valence-corrected chi connectivity index (χ0v) is 6.02. The highest BCUT2D eigenvalue weighted by molar-refractivity contribution is 5.73. The van der Waals surface area contributed by atoms with Gasteiger partial charge in [0, 0.05) is 0 Å². The van der Waals surface area contributed by atoms with Crippen LogP contribution in [0.25, 0.3) is 0 Å². The Kier molecular flexibility index (Phi) is 1.12. The van der Waals surface area contributed by atoms with Crippen molar-refractivity contribution in [1.82, 2.24) is 9.97 Å². The normalized spacial score (nSPS) is 13.5. The van der Waals surface area contributed by atoms with Gasteiger partial charge in [-0.3, -0.25) is 14.8 Å². The molecule has 12 heavy (non-hydrogen) atoms. The minimum Gasteiger partial charge on any atom is -0.335 e. The SMILES string of the molecule is C=C1Nc2[nH]c(=O)[nH]c(=O)c2N1. The molecule has 62 valence electrons. The first-order valence-electron chi connectivity index (χ1n) is 3.26. The predicted molar refractivity (Wildman–Crippen MR) is 44.1 cm³/mol. The first-order valence-corrected chi connectivity index (χ1v) is 3.26. The van der Waals surface area contributed by atoms with Gasteiger partial charge in [0.2, 0.25) is 0 Å². The summed E-state index contributed by atoms with van der Waals surface area (Å²) in [5.74, 6) is 0.825. The van der Waals surface area contributed by atoms with E-state index in [-0.39, 0.29) is 0 Å². The largest absolute Gasteiger partial charge is 0.335 e. The van der Waals surface area contributed by atoms with E-state index in [0.717, 1.165) is 0 Å². The fourth-order valence-electron chi connectivity index (χ4n) is 1.03. The van der Waals surface area contributed by atoms with Gasteiger partial charge in [-0.25, -0.2) is 4.79 Å². The summed E-state index contributed by atoms with van der Waals surface area (Å²) in [6, 6.07) is 0. The maximum Gasteiger partial charge on any atom is 0.327 e. The van der Waals surface area contributed by atoms with E-state index in [4.69, 9.17) is 0 Å². The van der Waals surface area contributed by atoms with Crippen LogP contribution in [0.2, 0.25) is 0 Å². The third kappa shape index (κ3) is 0.815. The van der Waals surface area contributed by atoms with Gasteiger partial charge >= 0.3 is 5.69 Å². The van der Waals surface area contributed by atoms with E-state index >= 15 is 0 Å². The standard InChI is InChI=1S/C6H6N4O2/c1-2-7-3-4(8-2)9-6(12)10-5(3)11/h7H,1H2,(H3,8,9,10,11,12). The Bertz CT molecular complexity index is 455. The lowest BCUT2D eigenvalue weighted by molar-refractivity contribution is 1.05. The molecule has 0 amide bonds. The van der Waals surface area contributed by atoms with E-state index < -0.39 is 11.2 Å².